The minimum Gasteiger partial charge on any atom is -0.481 e. The molecule has 0 aliphatic carbocycles. The lowest BCUT2D eigenvalue weighted by molar-refractivity contribution is -0.137. The Labute approximate surface area is 114 Å². The standard InChI is InChI=1S/C15H23NO3/c1-11(2)13-5-3-12(4-6-13)9-16-10-14(17)7-8-15(18)19/h3-6,11,14,16-17H,7-10H2,1-2H3,(H,18,19). The van der Waals surface area contributed by atoms with Crippen molar-refractivity contribution < 1.29 is 15.0 Å². The molecular weight excluding hydrogens is 242 g/mol. The summed E-state index contributed by atoms with van der Waals surface area (Å²) in [6.07, 6.45) is -0.313. The van der Waals surface area contributed by atoms with Crippen molar-refractivity contribution in [3.63, 3.8) is 0 Å². The Morgan fingerprint density at radius 3 is 2.42 bits per heavy atom. The lowest BCUT2D eigenvalue weighted by Gasteiger charge is -2.11. The molecule has 0 heterocycles. The van der Waals surface area contributed by atoms with E-state index in [0.717, 1.165) is 5.56 Å². The smallest absolute Gasteiger partial charge is 0.303 e. The monoisotopic (exact) mass is 265 g/mol. The summed E-state index contributed by atoms with van der Waals surface area (Å²) >= 11 is 0. The first-order chi connectivity index (χ1) is 8.99. The molecule has 0 aromatic heterocycles. The van der Waals surface area contributed by atoms with E-state index in [2.05, 4.69) is 43.4 Å². The zero-order valence-corrected chi connectivity index (χ0v) is 11.6. The predicted octanol–water partition coefficient (Wildman–Crippen LogP) is 2.13. The number of carbonyl (C=O) groups is 1. The average molecular weight is 265 g/mol. The van der Waals surface area contributed by atoms with Crippen LogP contribution in [-0.4, -0.2) is 28.8 Å². The van der Waals surface area contributed by atoms with E-state index >= 15 is 0 Å². The van der Waals surface area contributed by atoms with Crippen molar-refractivity contribution in [2.24, 2.45) is 0 Å². The van der Waals surface area contributed by atoms with Crippen molar-refractivity contribution in [3.8, 4) is 0 Å². The zero-order chi connectivity index (χ0) is 14.3. The maximum Gasteiger partial charge on any atom is 0.303 e. The third-order valence-electron chi connectivity index (χ3n) is 3.05. The summed E-state index contributed by atoms with van der Waals surface area (Å²) in [6, 6.07) is 8.38. The summed E-state index contributed by atoms with van der Waals surface area (Å²) in [4.78, 5) is 10.4. The van der Waals surface area contributed by atoms with E-state index in [-0.39, 0.29) is 12.8 Å². The van der Waals surface area contributed by atoms with Gasteiger partial charge in [0.2, 0.25) is 0 Å². The third kappa shape index (κ3) is 6.36. The summed E-state index contributed by atoms with van der Waals surface area (Å²) in [7, 11) is 0. The fourth-order valence-corrected chi connectivity index (χ4v) is 1.80. The van der Waals surface area contributed by atoms with Gasteiger partial charge in [0.15, 0.2) is 0 Å². The van der Waals surface area contributed by atoms with Gasteiger partial charge in [0.25, 0.3) is 0 Å². The Balaban J connectivity index is 2.27. The zero-order valence-electron chi connectivity index (χ0n) is 11.6. The predicted molar refractivity (Wildman–Crippen MR) is 75.1 cm³/mol. The molecule has 0 aliphatic rings. The number of aliphatic hydroxyl groups excluding tert-OH is 1. The van der Waals surface area contributed by atoms with E-state index in [1.807, 2.05) is 0 Å². The molecule has 106 valence electrons. The van der Waals surface area contributed by atoms with Gasteiger partial charge in [-0.15, -0.1) is 0 Å². The van der Waals surface area contributed by atoms with Crippen LogP contribution in [0.5, 0.6) is 0 Å². The summed E-state index contributed by atoms with van der Waals surface area (Å²) in [6.45, 7) is 5.42. The van der Waals surface area contributed by atoms with Crippen molar-refractivity contribution in [1.29, 1.82) is 0 Å². The maximum absolute atomic E-state index is 10.4. The molecular formula is C15H23NO3. The first-order valence-electron chi connectivity index (χ1n) is 6.68. The van der Waals surface area contributed by atoms with E-state index in [1.54, 1.807) is 0 Å². The van der Waals surface area contributed by atoms with Gasteiger partial charge in [0.05, 0.1) is 6.10 Å². The molecule has 1 aromatic rings. The normalized spacial score (nSPS) is 12.6. The number of carboxylic acid groups (broad SMARTS) is 1. The SMILES string of the molecule is CC(C)c1ccc(CNCC(O)CCC(=O)O)cc1. The maximum atomic E-state index is 10.4. The molecule has 0 bridgehead atoms. The van der Waals surface area contributed by atoms with E-state index in [9.17, 15) is 9.90 Å². The molecule has 1 unspecified atom stereocenters. The Morgan fingerprint density at radius 1 is 1.26 bits per heavy atom. The molecule has 0 saturated heterocycles. The first-order valence-corrected chi connectivity index (χ1v) is 6.68. The van der Waals surface area contributed by atoms with Crippen LogP contribution in [0.2, 0.25) is 0 Å². The lowest BCUT2D eigenvalue weighted by atomic mass is 10.0. The fraction of sp³-hybridized carbons (Fsp3) is 0.533. The van der Waals surface area contributed by atoms with E-state index in [0.29, 0.717) is 19.0 Å². The highest BCUT2D eigenvalue weighted by atomic mass is 16.4. The quantitative estimate of drug-likeness (QED) is 0.673. The van der Waals surface area contributed by atoms with E-state index < -0.39 is 12.1 Å². The second-order valence-electron chi connectivity index (χ2n) is 5.11. The van der Waals surface area contributed by atoms with Crippen LogP contribution in [0.3, 0.4) is 0 Å². The van der Waals surface area contributed by atoms with Crippen LogP contribution < -0.4 is 5.32 Å². The summed E-state index contributed by atoms with van der Waals surface area (Å²) in [5.41, 5.74) is 2.47. The Bertz CT molecular complexity index is 387. The van der Waals surface area contributed by atoms with Crippen molar-refractivity contribution >= 4 is 5.97 Å². The molecule has 0 radical (unpaired) electrons. The topological polar surface area (TPSA) is 69.6 Å². The van der Waals surface area contributed by atoms with Crippen LogP contribution in [0.4, 0.5) is 0 Å². The van der Waals surface area contributed by atoms with Crippen LogP contribution in [0, 0.1) is 0 Å². The summed E-state index contributed by atoms with van der Waals surface area (Å²) < 4.78 is 0. The van der Waals surface area contributed by atoms with Gasteiger partial charge in [0.1, 0.15) is 0 Å². The summed E-state index contributed by atoms with van der Waals surface area (Å²) in [5.74, 6) is -0.344. The largest absolute Gasteiger partial charge is 0.481 e. The molecule has 3 N–H and O–H groups in total. The molecule has 1 atom stereocenters. The fourth-order valence-electron chi connectivity index (χ4n) is 1.80. The second-order valence-corrected chi connectivity index (χ2v) is 5.11. The Morgan fingerprint density at radius 2 is 1.89 bits per heavy atom. The van der Waals surface area contributed by atoms with E-state index in [1.165, 1.54) is 5.56 Å². The number of aliphatic carboxylic acids is 1. The number of benzene rings is 1. The number of nitrogens with one attached hydrogen (secondary N) is 1. The van der Waals surface area contributed by atoms with Crippen LogP contribution >= 0.6 is 0 Å². The number of hydrogen-bond acceptors (Lipinski definition) is 3. The van der Waals surface area contributed by atoms with Gasteiger partial charge in [-0.05, 0) is 23.5 Å². The molecule has 4 nitrogen and oxygen atoms in total. The Kier molecular flexibility index (Phi) is 6.53. The Hall–Kier alpha value is -1.39. The number of carboxylic acids is 1. The molecule has 0 fully saturated rings. The molecule has 19 heavy (non-hydrogen) atoms. The first kappa shape index (κ1) is 15.7. The molecule has 0 aliphatic heterocycles. The van der Waals surface area contributed by atoms with Gasteiger partial charge in [-0.2, -0.15) is 0 Å². The molecule has 0 amide bonds. The third-order valence-corrected chi connectivity index (χ3v) is 3.05. The van der Waals surface area contributed by atoms with Crippen molar-refractivity contribution in [2.75, 3.05) is 6.54 Å². The van der Waals surface area contributed by atoms with E-state index in [4.69, 9.17) is 5.11 Å². The van der Waals surface area contributed by atoms with Gasteiger partial charge in [-0.3, -0.25) is 4.79 Å². The highest BCUT2D eigenvalue weighted by Crippen LogP contribution is 2.14. The lowest BCUT2D eigenvalue weighted by Crippen LogP contribution is -2.26. The average Bonchev–Trinajstić information content (AvgIpc) is 2.37. The molecule has 1 rings (SSSR count). The molecule has 0 spiro atoms. The molecule has 0 saturated carbocycles. The highest BCUT2D eigenvalue weighted by molar-refractivity contribution is 5.66. The van der Waals surface area contributed by atoms with Crippen LogP contribution in [-0.2, 0) is 11.3 Å². The molecule has 4 heteroatoms. The van der Waals surface area contributed by atoms with Gasteiger partial charge >= 0.3 is 5.97 Å². The number of rotatable bonds is 8. The van der Waals surface area contributed by atoms with Crippen LogP contribution in [0.15, 0.2) is 24.3 Å². The number of hydrogen-bond donors (Lipinski definition) is 3. The minimum absolute atomic E-state index is 0.00589. The summed E-state index contributed by atoms with van der Waals surface area (Å²) in [5, 5.41) is 21.2. The van der Waals surface area contributed by atoms with Gasteiger partial charge < -0.3 is 15.5 Å². The van der Waals surface area contributed by atoms with Gasteiger partial charge in [-0.25, -0.2) is 0 Å². The highest BCUT2D eigenvalue weighted by Gasteiger charge is 2.06. The number of aliphatic hydroxyl groups is 1. The van der Waals surface area contributed by atoms with Crippen LogP contribution in [0.25, 0.3) is 0 Å². The molecule has 1 aromatic carbocycles. The van der Waals surface area contributed by atoms with Crippen molar-refractivity contribution in [2.45, 2.75) is 45.3 Å². The second kappa shape index (κ2) is 7.92. The van der Waals surface area contributed by atoms with Crippen molar-refractivity contribution in [1.82, 2.24) is 5.32 Å². The van der Waals surface area contributed by atoms with Gasteiger partial charge in [-0.1, -0.05) is 38.1 Å². The van der Waals surface area contributed by atoms with Crippen molar-refractivity contribution in [3.05, 3.63) is 35.4 Å². The minimum atomic E-state index is -0.872. The van der Waals surface area contributed by atoms with Gasteiger partial charge in [0, 0.05) is 19.5 Å². The van der Waals surface area contributed by atoms with Crippen LogP contribution in [0.1, 0.15) is 43.7 Å².